The van der Waals surface area contributed by atoms with Crippen LogP contribution >= 0.6 is 27.3 Å². The normalized spacial score (nSPS) is 10.6. The summed E-state index contributed by atoms with van der Waals surface area (Å²) >= 11 is 5.19. The van der Waals surface area contributed by atoms with Crippen molar-refractivity contribution in [2.45, 2.75) is 13.0 Å². The van der Waals surface area contributed by atoms with Crippen LogP contribution < -0.4 is 5.73 Å². The third-order valence-electron chi connectivity index (χ3n) is 1.86. The molecule has 0 atom stereocenters. The number of aryl methyl sites for hydroxylation is 2. The van der Waals surface area contributed by atoms with Crippen LogP contribution in [0.1, 0.15) is 4.88 Å². The van der Waals surface area contributed by atoms with Gasteiger partial charge >= 0.3 is 0 Å². The van der Waals surface area contributed by atoms with Crippen molar-refractivity contribution in [3.05, 3.63) is 33.2 Å². The van der Waals surface area contributed by atoms with Gasteiger partial charge in [-0.25, -0.2) is 0 Å². The Kier molecular flexibility index (Phi) is 2.88. The molecule has 0 radical (unpaired) electrons. The van der Waals surface area contributed by atoms with Gasteiger partial charge in [0.1, 0.15) is 0 Å². The molecule has 2 rings (SSSR count). The SMILES string of the molecule is Nc1cnn(CCc2cc(Br)cs2)c1. The number of nitrogens with two attached hydrogens (primary N) is 1. The summed E-state index contributed by atoms with van der Waals surface area (Å²) in [6, 6.07) is 2.14. The largest absolute Gasteiger partial charge is 0.396 e. The van der Waals surface area contributed by atoms with E-state index in [1.54, 1.807) is 17.5 Å². The molecule has 0 saturated carbocycles. The first-order chi connectivity index (χ1) is 6.74. The number of halogens is 1. The molecule has 0 bridgehead atoms. The van der Waals surface area contributed by atoms with Gasteiger partial charge < -0.3 is 5.73 Å². The van der Waals surface area contributed by atoms with E-state index in [-0.39, 0.29) is 0 Å². The second-order valence-corrected chi connectivity index (χ2v) is 4.93. The van der Waals surface area contributed by atoms with Gasteiger partial charge in [0.15, 0.2) is 0 Å². The molecule has 0 fully saturated rings. The third kappa shape index (κ3) is 2.36. The van der Waals surface area contributed by atoms with Crippen molar-refractivity contribution in [2.24, 2.45) is 0 Å². The molecule has 2 aromatic rings. The van der Waals surface area contributed by atoms with E-state index in [1.165, 1.54) is 4.88 Å². The zero-order chi connectivity index (χ0) is 9.97. The van der Waals surface area contributed by atoms with Gasteiger partial charge in [0.2, 0.25) is 0 Å². The lowest BCUT2D eigenvalue weighted by atomic mass is 10.3. The van der Waals surface area contributed by atoms with E-state index in [4.69, 9.17) is 5.73 Å². The summed E-state index contributed by atoms with van der Waals surface area (Å²) in [7, 11) is 0. The van der Waals surface area contributed by atoms with Gasteiger partial charge in [-0.15, -0.1) is 11.3 Å². The summed E-state index contributed by atoms with van der Waals surface area (Å²) in [6.07, 6.45) is 4.52. The Labute approximate surface area is 94.7 Å². The molecule has 2 N–H and O–H groups in total. The fourth-order valence-electron chi connectivity index (χ4n) is 1.21. The Balaban J connectivity index is 1.94. The van der Waals surface area contributed by atoms with E-state index in [2.05, 4.69) is 32.5 Å². The van der Waals surface area contributed by atoms with Gasteiger partial charge in [0, 0.05) is 33.9 Å². The van der Waals surface area contributed by atoms with E-state index >= 15 is 0 Å². The number of anilines is 1. The molecule has 0 aliphatic heterocycles. The Morgan fingerprint density at radius 2 is 2.43 bits per heavy atom. The van der Waals surface area contributed by atoms with Crippen LogP contribution in [0.2, 0.25) is 0 Å². The highest BCUT2D eigenvalue weighted by atomic mass is 79.9. The molecule has 3 nitrogen and oxygen atoms in total. The van der Waals surface area contributed by atoms with E-state index in [9.17, 15) is 0 Å². The molecule has 0 unspecified atom stereocenters. The van der Waals surface area contributed by atoms with Crippen LogP contribution in [0.4, 0.5) is 5.69 Å². The first-order valence-electron chi connectivity index (χ1n) is 4.25. The molecule has 0 aromatic carbocycles. The quantitative estimate of drug-likeness (QED) is 0.933. The van der Waals surface area contributed by atoms with Gasteiger partial charge in [-0.2, -0.15) is 5.10 Å². The molecule has 74 valence electrons. The van der Waals surface area contributed by atoms with E-state index in [1.807, 2.05) is 10.9 Å². The number of nitrogens with zero attached hydrogens (tertiary/aromatic N) is 2. The summed E-state index contributed by atoms with van der Waals surface area (Å²) < 4.78 is 3.01. The predicted octanol–water partition coefficient (Wildman–Crippen LogP) is 2.53. The highest BCUT2D eigenvalue weighted by molar-refractivity contribution is 9.10. The second kappa shape index (κ2) is 4.14. The standard InChI is InChI=1S/C9H10BrN3S/c10-7-3-9(14-6-7)1-2-13-5-8(11)4-12-13/h3-6H,1-2,11H2. The molecule has 0 aliphatic carbocycles. The Hall–Kier alpha value is -0.810. The Morgan fingerprint density at radius 1 is 1.57 bits per heavy atom. The maximum Gasteiger partial charge on any atom is 0.0719 e. The molecule has 0 amide bonds. The zero-order valence-electron chi connectivity index (χ0n) is 7.48. The zero-order valence-corrected chi connectivity index (χ0v) is 9.88. The second-order valence-electron chi connectivity index (χ2n) is 3.02. The van der Waals surface area contributed by atoms with Crippen LogP contribution in [0.15, 0.2) is 28.3 Å². The Morgan fingerprint density at radius 3 is 3.00 bits per heavy atom. The number of thiophene rings is 1. The predicted molar refractivity (Wildman–Crippen MR) is 62.4 cm³/mol. The van der Waals surface area contributed by atoms with Crippen LogP contribution in [0.25, 0.3) is 0 Å². The lowest BCUT2D eigenvalue weighted by Crippen LogP contribution is -2.00. The minimum absolute atomic E-state index is 0.720. The first-order valence-corrected chi connectivity index (χ1v) is 5.92. The monoisotopic (exact) mass is 271 g/mol. The maximum absolute atomic E-state index is 5.56. The summed E-state index contributed by atoms with van der Waals surface area (Å²) in [5.41, 5.74) is 6.28. The number of hydrogen-bond donors (Lipinski definition) is 1. The molecular weight excluding hydrogens is 262 g/mol. The molecular formula is C9H10BrN3S. The van der Waals surface area contributed by atoms with E-state index in [0.717, 1.165) is 23.1 Å². The van der Waals surface area contributed by atoms with Gasteiger partial charge in [-0.3, -0.25) is 4.68 Å². The summed E-state index contributed by atoms with van der Waals surface area (Å²) in [4.78, 5) is 1.35. The topological polar surface area (TPSA) is 43.8 Å². The molecule has 0 aliphatic rings. The van der Waals surface area contributed by atoms with E-state index < -0.39 is 0 Å². The van der Waals surface area contributed by atoms with Crippen molar-refractivity contribution >= 4 is 33.0 Å². The molecule has 2 heterocycles. The van der Waals surface area contributed by atoms with Crippen LogP contribution in [-0.4, -0.2) is 9.78 Å². The first kappa shape index (κ1) is 9.73. The number of rotatable bonds is 3. The van der Waals surface area contributed by atoms with Gasteiger partial charge in [0.05, 0.1) is 11.9 Å². The summed E-state index contributed by atoms with van der Waals surface area (Å²) in [6.45, 7) is 0.879. The Bertz CT molecular complexity index is 381. The van der Waals surface area contributed by atoms with E-state index in [0.29, 0.717) is 0 Å². The van der Waals surface area contributed by atoms with Crippen molar-refractivity contribution < 1.29 is 0 Å². The minimum Gasteiger partial charge on any atom is -0.396 e. The lowest BCUT2D eigenvalue weighted by Gasteiger charge is -1.97. The molecule has 5 heteroatoms. The average molecular weight is 272 g/mol. The number of hydrogen-bond acceptors (Lipinski definition) is 3. The smallest absolute Gasteiger partial charge is 0.0719 e. The summed E-state index contributed by atoms with van der Waals surface area (Å²) in [5.74, 6) is 0. The van der Waals surface area contributed by atoms with Crippen LogP contribution in [0.5, 0.6) is 0 Å². The fraction of sp³-hybridized carbons (Fsp3) is 0.222. The van der Waals surface area contributed by atoms with Gasteiger partial charge in [-0.1, -0.05) is 0 Å². The van der Waals surface area contributed by atoms with Crippen molar-refractivity contribution in [1.82, 2.24) is 9.78 Å². The van der Waals surface area contributed by atoms with Crippen molar-refractivity contribution in [2.75, 3.05) is 5.73 Å². The average Bonchev–Trinajstić information content (AvgIpc) is 2.72. The van der Waals surface area contributed by atoms with Crippen molar-refractivity contribution in [3.63, 3.8) is 0 Å². The highest BCUT2D eigenvalue weighted by Gasteiger charge is 1.99. The molecule has 2 aromatic heterocycles. The van der Waals surface area contributed by atoms with Gasteiger partial charge in [-0.05, 0) is 22.0 Å². The minimum atomic E-state index is 0.720. The number of nitrogen functional groups attached to an aromatic ring is 1. The summed E-state index contributed by atoms with van der Waals surface area (Å²) in [5, 5.41) is 6.21. The van der Waals surface area contributed by atoms with Crippen LogP contribution in [0, 0.1) is 0 Å². The van der Waals surface area contributed by atoms with Gasteiger partial charge in [0.25, 0.3) is 0 Å². The third-order valence-corrected chi connectivity index (χ3v) is 3.62. The van der Waals surface area contributed by atoms with Crippen LogP contribution in [0.3, 0.4) is 0 Å². The van der Waals surface area contributed by atoms with Crippen molar-refractivity contribution in [3.8, 4) is 0 Å². The lowest BCUT2D eigenvalue weighted by molar-refractivity contribution is 0.618. The molecule has 0 saturated heterocycles. The highest BCUT2D eigenvalue weighted by Crippen LogP contribution is 2.20. The van der Waals surface area contributed by atoms with Crippen LogP contribution in [-0.2, 0) is 13.0 Å². The molecule has 14 heavy (non-hydrogen) atoms. The van der Waals surface area contributed by atoms with Crippen molar-refractivity contribution in [1.29, 1.82) is 0 Å². The number of aromatic nitrogens is 2. The maximum atomic E-state index is 5.56. The molecule has 0 spiro atoms. The fourth-order valence-corrected chi connectivity index (χ4v) is 2.66.